The van der Waals surface area contributed by atoms with Crippen LogP contribution < -0.4 is 0 Å². The number of nitrogens with zero attached hydrogens (tertiary/aromatic N) is 8. The van der Waals surface area contributed by atoms with Crippen molar-refractivity contribution >= 4 is 405 Å². The average Bonchev–Trinajstić information content (AvgIpc) is 1.54. The Morgan fingerprint density at radius 1 is 0.136 bits per heavy atom. The minimum absolute atomic E-state index is 1.04. The molecule has 16 aromatic heterocycles. The van der Waals surface area contributed by atoms with Crippen molar-refractivity contribution in [3.63, 3.8) is 0 Å². The molecule has 0 atom stereocenters. The Balaban J connectivity index is 0.0000000829. The second-order valence-electron chi connectivity index (χ2n) is 36.7. The number of benzene rings is 20. The molecule has 140 heavy (non-hydrogen) atoms. The Kier molecular flexibility index (Phi) is 15.9. The van der Waals surface area contributed by atoms with Crippen LogP contribution in [0.15, 0.2) is 388 Å². The maximum Gasteiger partial charge on any atom is 0.147 e. The zero-order valence-electron chi connectivity index (χ0n) is 73.8. The third kappa shape index (κ3) is 10.7. The maximum atomic E-state index is 5.26. The highest BCUT2D eigenvalue weighted by atomic mass is 32.1. The van der Waals surface area contributed by atoms with E-state index in [0.29, 0.717) is 0 Å². The molecule has 0 aliphatic rings. The molecular weight excluding hydrogens is 1860 g/mol. The summed E-state index contributed by atoms with van der Waals surface area (Å²) in [6.07, 6.45) is 0. The molecule has 648 valence electrons. The van der Waals surface area contributed by atoms with E-state index in [2.05, 4.69) is 406 Å². The van der Waals surface area contributed by atoms with E-state index in [1.165, 1.54) is 248 Å². The van der Waals surface area contributed by atoms with E-state index in [9.17, 15) is 0 Å². The number of aromatic nitrogens is 8. The van der Waals surface area contributed by atoms with Crippen molar-refractivity contribution in [3.05, 3.63) is 388 Å². The lowest BCUT2D eigenvalue weighted by Crippen LogP contribution is -1.92. The first-order chi connectivity index (χ1) is 69.4. The Morgan fingerprint density at radius 3 is 0.821 bits per heavy atom. The molecule has 36 aromatic rings. The van der Waals surface area contributed by atoms with E-state index < -0.39 is 0 Å². The molecule has 0 amide bonds. The molecule has 16 heteroatoms. The summed E-state index contributed by atoms with van der Waals surface area (Å²) in [6.45, 7) is 0. The van der Waals surface area contributed by atoms with Gasteiger partial charge in [0.1, 0.15) is 22.6 Å². The molecule has 16 heterocycles. The van der Waals surface area contributed by atoms with Crippen LogP contribution in [0.4, 0.5) is 0 Å². The molecular formula is C124H64N8S8. The van der Waals surface area contributed by atoms with Gasteiger partial charge in [0.05, 0.1) is 66.2 Å². The van der Waals surface area contributed by atoms with Crippen LogP contribution in [0.25, 0.3) is 315 Å². The summed E-state index contributed by atoms with van der Waals surface area (Å²) in [5, 5.41) is 36.4. The number of rotatable bonds is 0. The molecule has 0 fully saturated rings. The summed E-state index contributed by atoms with van der Waals surface area (Å²) in [7, 11) is 0. The predicted molar refractivity (Wildman–Crippen MR) is 614 cm³/mol. The fraction of sp³-hybridized carbons (Fsp3) is 0. The van der Waals surface area contributed by atoms with E-state index in [0.717, 1.165) is 66.7 Å². The predicted octanol–water partition coefficient (Wildman–Crippen LogP) is 38.1. The minimum Gasteiger partial charge on any atom is -0.292 e. The largest absolute Gasteiger partial charge is 0.292 e. The van der Waals surface area contributed by atoms with Gasteiger partial charge in [0.25, 0.3) is 0 Å². The van der Waals surface area contributed by atoms with E-state index in [1.807, 2.05) is 90.7 Å². The highest BCUT2D eigenvalue weighted by molar-refractivity contribution is 7.29. The van der Waals surface area contributed by atoms with Gasteiger partial charge in [-0.25, -0.2) is 19.9 Å². The molecule has 0 saturated carbocycles. The molecule has 0 saturated heterocycles. The maximum absolute atomic E-state index is 5.26. The van der Waals surface area contributed by atoms with Crippen LogP contribution in [-0.4, -0.2) is 37.5 Å². The molecule has 20 aromatic carbocycles. The second kappa shape index (κ2) is 28.8. The van der Waals surface area contributed by atoms with Gasteiger partial charge in [-0.2, -0.15) is 0 Å². The fourth-order valence-corrected chi connectivity index (χ4v) is 32.7. The van der Waals surface area contributed by atoms with Crippen LogP contribution in [0.5, 0.6) is 0 Å². The number of fused-ring (bicyclic) bond motifs is 60. The van der Waals surface area contributed by atoms with Crippen molar-refractivity contribution in [1.82, 2.24) is 37.5 Å². The zero-order valence-corrected chi connectivity index (χ0v) is 80.3. The first-order valence-corrected chi connectivity index (χ1v) is 53.5. The molecule has 0 aliphatic carbocycles. The lowest BCUT2D eigenvalue weighted by molar-refractivity contribution is 1.32. The Bertz CT molecular complexity index is 11900. The standard InChI is InChI=1S/4C31H16N2S2/c1-6-12-27-17(7-1)20-14-13-19-21-16-28-22(18-8-2-5-11-26(18)34-28)15-25(21)33-24-10-4-3-9-23(24)32-31(33)29(19)30(20)35-27;1-6-12-27-17(7-1)20-14-13-19-21-15-22-18-8-2-5-11-26(18)34-28(22)16-25(21)33-24-10-4-3-9-23(24)32-31(33)29(19)30(20)35-27;1-5-11-27-17(7-1)21-13-19-20-14-22-18-8-2-6-12-28(18)35-30(22)16-26(20)33-25-10-4-3-9-24(25)32-31(33)23(19)15-29(21)34-27;1-5-11-24-17(7-1)20-14-13-18-19-15-16-26-27(21-8-2-6-12-25(21)34-26)29(19)33-23-10-4-3-9-22(23)32-31(33)28(18)30(20)35-24/h4*1-16H. The van der Waals surface area contributed by atoms with Crippen LogP contribution in [0.2, 0.25) is 0 Å². The summed E-state index contributed by atoms with van der Waals surface area (Å²) in [5.74, 6) is 0. The third-order valence-corrected chi connectivity index (χ3v) is 38.7. The van der Waals surface area contributed by atoms with Gasteiger partial charge in [-0.3, -0.25) is 17.6 Å². The number of para-hydroxylation sites is 8. The Hall–Kier alpha value is -16.0. The van der Waals surface area contributed by atoms with E-state index >= 15 is 0 Å². The second-order valence-corrected chi connectivity index (χ2v) is 45.3. The average molecular weight is 1920 g/mol. The van der Waals surface area contributed by atoms with Gasteiger partial charge < -0.3 is 0 Å². The molecule has 0 aliphatic heterocycles. The number of hydrogen-bond acceptors (Lipinski definition) is 12. The van der Waals surface area contributed by atoms with E-state index in [4.69, 9.17) is 19.9 Å². The molecule has 0 unspecified atom stereocenters. The van der Waals surface area contributed by atoms with Crippen molar-refractivity contribution in [1.29, 1.82) is 0 Å². The minimum atomic E-state index is 1.04. The SMILES string of the molecule is c1ccc2c(c1)nc1c3c(ccc4c5ccccc5sc43)c3cc4c(cc3n21)sc1ccccc14.c1ccc2c(c1)nc1c3c(ccc4c5ccccc5sc43)c3cc4sc5ccccc5c4cc3n21.c1ccc2c(c1)nc1c3c(ccc4c5ccccc5sc43)c3ccc4sc5ccccc5c4c3n21.c1ccc2c(c1)nc1c3cc4sc5ccccc5c4cc3c3cc4c(cc3n21)sc1ccccc14. The van der Waals surface area contributed by atoms with Crippen LogP contribution in [0.1, 0.15) is 0 Å². The molecule has 36 rings (SSSR count). The first-order valence-electron chi connectivity index (χ1n) is 46.9. The van der Waals surface area contributed by atoms with Crippen LogP contribution in [-0.2, 0) is 0 Å². The van der Waals surface area contributed by atoms with Crippen molar-refractivity contribution in [2.24, 2.45) is 0 Å². The normalized spacial score (nSPS) is 12.6. The fourth-order valence-electron chi connectivity index (χ4n) is 23.4. The molecule has 0 N–H and O–H groups in total. The molecule has 8 nitrogen and oxygen atoms in total. The van der Waals surface area contributed by atoms with Gasteiger partial charge in [-0.05, 0) is 173 Å². The third-order valence-electron chi connectivity index (χ3n) is 29.4. The van der Waals surface area contributed by atoms with Gasteiger partial charge in [0, 0.05) is 204 Å². The number of pyridine rings is 4. The quantitative estimate of drug-likeness (QED) is 0.142. The Labute approximate surface area is 823 Å². The van der Waals surface area contributed by atoms with Crippen molar-refractivity contribution in [2.45, 2.75) is 0 Å². The molecule has 0 spiro atoms. The highest BCUT2D eigenvalue weighted by Gasteiger charge is 2.27. The number of hydrogen-bond donors (Lipinski definition) is 0. The van der Waals surface area contributed by atoms with Crippen LogP contribution >= 0.6 is 90.7 Å². The lowest BCUT2D eigenvalue weighted by atomic mass is 10.0. The van der Waals surface area contributed by atoms with E-state index in [1.54, 1.807) is 0 Å². The van der Waals surface area contributed by atoms with Gasteiger partial charge in [-0.15, -0.1) is 90.7 Å². The summed E-state index contributed by atoms with van der Waals surface area (Å²) < 4.78 is 30.8. The van der Waals surface area contributed by atoms with Crippen molar-refractivity contribution in [3.8, 4) is 0 Å². The summed E-state index contributed by atoms with van der Waals surface area (Å²) in [6, 6.07) is 142. The van der Waals surface area contributed by atoms with Crippen molar-refractivity contribution < 1.29 is 0 Å². The molecule has 0 radical (unpaired) electrons. The van der Waals surface area contributed by atoms with Gasteiger partial charge in [0.2, 0.25) is 0 Å². The monoisotopic (exact) mass is 1920 g/mol. The summed E-state index contributed by atoms with van der Waals surface area (Å²) >= 11 is 15.0. The number of imidazole rings is 4. The van der Waals surface area contributed by atoms with Gasteiger partial charge >= 0.3 is 0 Å². The zero-order chi connectivity index (χ0) is 90.7. The first kappa shape index (κ1) is 77.1. The van der Waals surface area contributed by atoms with Gasteiger partial charge in [0.15, 0.2) is 0 Å². The van der Waals surface area contributed by atoms with Gasteiger partial charge in [-0.1, -0.05) is 237 Å². The van der Waals surface area contributed by atoms with Crippen LogP contribution in [0.3, 0.4) is 0 Å². The van der Waals surface area contributed by atoms with Crippen molar-refractivity contribution in [2.75, 3.05) is 0 Å². The molecule has 0 bridgehead atoms. The summed E-state index contributed by atoms with van der Waals surface area (Å²) in [5.41, 5.74) is 17.9. The Morgan fingerprint density at radius 2 is 0.400 bits per heavy atom. The van der Waals surface area contributed by atoms with Crippen LogP contribution in [0, 0.1) is 0 Å². The van der Waals surface area contributed by atoms with E-state index in [-0.39, 0.29) is 0 Å². The topological polar surface area (TPSA) is 69.2 Å². The highest BCUT2D eigenvalue weighted by Crippen LogP contribution is 2.53. The lowest BCUT2D eigenvalue weighted by Gasteiger charge is -2.11. The smallest absolute Gasteiger partial charge is 0.147 e. The number of thiophene rings is 8. The summed E-state index contributed by atoms with van der Waals surface area (Å²) in [4.78, 5) is 20.8.